The first-order chi connectivity index (χ1) is 50.5. The van der Waals surface area contributed by atoms with Gasteiger partial charge in [-0.05, 0) is 146 Å². The van der Waals surface area contributed by atoms with Crippen LogP contribution in [0.4, 0.5) is 22.0 Å². The maximum absolute atomic E-state index is 15.6. The van der Waals surface area contributed by atoms with Crippen LogP contribution in [0.15, 0.2) is 12.2 Å². The quantitative estimate of drug-likeness (QED) is 0.104. The molecule has 8 aliphatic rings. The highest BCUT2D eigenvalue weighted by Gasteiger charge is 2.54. The Morgan fingerprint density at radius 3 is 1.84 bits per heavy atom. The zero-order valence-corrected chi connectivity index (χ0v) is 65.3. The van der Waals surface area contributed by atoms with Crippen LogP contribution >= 0.6 is 11.6 Å². The summed E-state index contributed by atoms with van der Waals surface area (Å²) in [4.78, 5) is 193. The Labute approximate surface area is 632 Å². The summed E-state index contributed by atoms with van der Waals surface area (Å²) in [5.41, 5.74) is -1.61. The summed E-state index contributed by atoms with van der Waals surface area (Å²) in [7, 11) is 11.3. The van der Waals surface area contributed by atoms with Crippen LogP contribution in [0.1, 0.15) is 188 Å². The van der Waals surface area contributed by atoms with Crippen LogP contribution in [0.5, 0.6) is 0 Å². The van der Waals surface area contributed by atoms with Crippen molar-refractivity contribution in [1.82, 2.24) is 60.0 Å². The van der Waals surface area contributed by atoms with Crippen LogP contribution in [-0.2, 0) is 62.3 Å². The number of hydrogen-bond donors (Lipinski definition) is 3. The molecule has 602 valence electrons. The van der Waals surface area contributed by atoms with Gasteiger partial charge in [-0.2, -0.15) is 13.2 Å². The van der Waals surface area contributed by atoms with Gasteiger partial charge < -0.3 is 64.8 Å². The van der Waals surface area contributed by atoms with Gasteiger partial charge in [-0.15, -0.1) is 11.6 Å². The van der Waals surface area contributed by atoms with Crippen LogP contribution in [0, 0.1) is 35.5 Å². The normalized spacial score (nSPS) is 32.9. The molecule has 3 aliphatic heterocycles. The summed E-state index contributed by atoms with van der Waals surface area (Å²) in [6.07, 6.45) is 0.220. The van der Waals surface area contributed by atoms with E-state index in [0.29, 0.717) is 25.7 Å². The number of likely N-dealkylation sites (N-methyl/N-ethyl adjacent to an activating group) is 7. The molecular weight excluding hydrogens is 1420 g/mol. The number of hydrogen-bond acceptors (Lipinski definition) is 13. The molecule has 2 unspecified atom stereocenters. The van der Waals surface area contributed by atoms with Crippen molar-refractivity contribution in [1.29, 1.82) is 0 Å². The maximum Gasteiger partial charge on any atom is 0.391 e. The zero-order chi connectivity index (χ0) is 78.7. The Balaban J connectivity index is 1.20. The molecule has 0 aromatic carbocycles. The van der Waals surface area contributed by atoms with E-state index in [1.54, 1.807) is 26.0 Å². The number of halogens is 6. The third-order valence-electron chi connectivity index (χ3n) is 24.8. The lowest BCUT2D eigenvalue weighted by Gasteiger charge is -2.46. The predicted molar refractivity (Wildman–Crippen MR) is 388 cm³/mol. The molecule has 107 heavy (non-hydrogen) atoms. The SMILES string of the molecule is CCO[C@@H]1C[C@H]2C(=O)NC3(CCC3)C(=O)N(C)[C@@H](C3CCCC3)C(=O)N(C)[C@H](C(=O)N(C)C)CC(=O)N(C)[C@@H](CC3CCCC3)C(=O)N[C@@H]([C@@H](C)CC)C(=O)N(C)CC(=O)N(C)[C@H]3C/C=C\CCN(C3=O)[C@@H](CC3CCC(C(F)(F)F)CC3)C(=O)N(C)CC(=O)N[C@@H](CCC3CC(F)C(Cl)C(F)C3)C(=O)N2C1. The number of carbonyl (C=O) groups excluding carboxylic acids is 12. The van der Waals surface area contributed by atoms with Gasteiger partial charge in [-0.25, -0.2) is 8.78 Å². The molecule has 0 aromatic rings. The second kappa shape index (κ2) is 37.8. The molecule has 3 N–H and O–H groups in total. The van der Waals surface area contributed by atoms with Crippen LogP contribution in [0.3, 0.4) is 0 Å². The second-order valence-corrected chi connectivity index (χ2v) is 32.8. The number of amides is 12. The van der Waals surface area contributed by atoms with Gasteiger partial charge >= 0.3 is 6.18 Å². The molecular formula is C76H118ClF5N12O13. The topological polar surface area (TPSA) is 279 Å². The average Bonchev–Trinajstić information content (AvgIpc) is 1.71. The largest absolute Gasteiger partial charge is 0.391 e. The summed E-state index contributed by atoms with van der Waals surface area (Å²) < 4.78 is 79.1. The van der Waals surface area contributed by atoms with Crippen molar-refractivity contribution >= 4 is 82.5 Å². The molecule has 5 aliphatic carbocycles. The number of carbonyl (C=O) groups is 12. The van der Waals surface area contributed by atoms with Crippen LogP contribution in [0.2, 0.25) is 0 Å². The van der Waals surface area contributed by atoms with E-state index in [1.807, 2.05) is 6.92 Å². The molecule has 31 heteroatoms. The molecule has 5 saturated carbocycles. The fourth-order valence-corrected chi connectivity index (χ4v) is 17.9. The molecule has 0 aromatic heterocycles. The summed E-state index contributed by atoms with van der Waals surface area (Å²) in [5.74, 6) is -12.3. The molecule has 3 heterocycles. The molecule has 25 nitrogen and oxygen atoms in total. The number of rotatable bonds is 13. The molecule has 0 radical (unpaired) electrons. The molecule has 12 atom stereocenters. The smallest absolute Gasteiger partial charge is 0.377 e. The summed E-state index contributed by atoms with van der Waals surface area (Å²) in [6.45, 7) is 3.79. The molecule has 1 spiro atoms. The Bertz CT molecular complexity index is 3190. The van der Waals surface area contributed by atoms with Crippen molar-refractivity contribution in [3.8, 4) is 0 Å². The van der Waals surface area contributed by atoms with E-state index in [2.05, 4.69) is 16.0 Å². The number of ether oxygens (including phenoxy) is 1. The minimum absolute atomic E-state index is 0.00761. The van der Waals surface area contributed by atoms with Gasteiger partial charge in [-0.3, -0.25) is 57.5 Å². The Kier molecular flexibility index (Phi) is 30.3. The van der Waals surface area contributed by atoms with Gasteiger partial charge in [0.15, 0.2) is 0 Å². The van der Waals surface area contributed by atoms with Gasteiger partial charge in [0.1, 0.15) is 66.2 Å². The molecule has 7 fully saturated rings. The number of nitrogens with one attached hydrogen (secondary N) is 3. The first-order valence-corrected chi connectivity index (χ1v) is 39.5. The number of fused-ring (bicyclic) bond motifs is 3. The molecule has 12 amide bonds. The van der Waals surface area contributed by atoms with Crippen molar-refractivity contribution in [2.24, 2.45) is 35.5 Å². The van der Waals surface area contributed by atoms with E-state index < -0.39 is 204 Å². The summed E-state index contributed by atoms with van der Waals surface area (Å²) in [5, 5.41) is 7.30. The van der Waals surface area contributed by atoms with Crippen LogP contribution in [0.25, 0.3) is 0 Å². The minimum Gasteiger partial charge on any atom is -0.377 e. The first-order valence-electron chi connectivity index (χ1n) is 39.1. The predicted octanol–water partition coefficient (Wildman–Crippen LogP) is 6.31. The lowest BCUT2D eigenvalue weighted by atomic mass is 9.74. The average molecular weight is 1540 g/mol. The lowest BCUT2D eigenvalue weighted by molar-refractivity contribution is -0.184. The zero-order valence-electron chi connectivity index (χ0n) is 64.6. The molecule has 2 saturated heterocycles. The second-order valence-electron chi connectivity index (χ2n) is 32.3. The van der Waals surface area contributed by atoms with Crippen molar-refractivity contribution in [2.75, 3.05) is 89.2 Å². The fourth-order valence-electron chi connectivity index (χ4n) is 17.7. The summed E-state index contributed by atoms with van der Waals surface area (Å²) >= 11 is 6.10. The molecule has 8 rings (SSSR count). The Hall–Kier alpha value is -6.72. The van der Waals surface area contributed by atoms with E-state index in [9.17, 15) is 32.3 Å². The monoisotopic (exact) mass is 1540 g/mol. The van der Waals surface area contributed by atoms with Crippen LogP contribution in [-0.4, -0.2) is 288 Å². The van der Waals surface area contributed by atoms with E-state index in [1.165, 1.54) is 85.8 Å². The van der Waals surface area contributed by atoms with Crippen LogP contribution < -0.4 is 16.0 Å². The third-order valence-corrected chi connectivity index (χ3v) is 25.3. The van der Waals surface area contributed by atoms with Crippen molar-refractivity contribution in [3.05, 3.63) is 12.2 Å². The van der Waals surface area contributed by atoms with E-state index in [4.69, 9.17) is 16.3 Å². The standard InChI is InChI=1S/C76H118ClF5N12O13/c1-12-45(3)64-72(104)88(7)44-62(97)89(8)55-26-15-14-20-35-93(71(55)103)59(39-47-27-30-50(31-28-47)76(80,81)82)70(102)87(6)43-60(95)83-54(32-29-48-36-52(78)63(77)53(79)37-48)68(100)94-42-51(107-13-2)40-57(94)67(99)85-75(33-21-34-75)74(106)92(11)65(49-24-18-19-25-49)73(105)91(10)58(69(101)86(4)5)41-61(96)90(9)56(66(98)84-64)38-46-22-16-17-23-46/h14-15,45-59,63-65H,12-13,16-44H2,1-11H3,(H,83,95)(H,84,98)(H,85,99)/b15-14-/t45-,47?,48?,50?,51+,52?,53?,54-,55-,56-,57-,58-,59-,63?,64-,65-/m0/s1. The lowest BCUT2D eigenvalue weighted by Crippen LogP contribution is -2.68. The van der Waals surface area contributed by atoms with Gasteiger partial charge in [-0.1, -0.05) is 70.9 Å². The third kappa shape index (κ3) is 20.8. The number of alkyl halides is 6. The van der Waals surface area contributed by atoms with E-state index in [0.717, 1.165) is 53.2 Å². The maximum atomic E-state index is 15.6. The van der Waals surface area contributed by atoms with E-state index >= 15 is 47.1 Å². The molecule has 2 bridgehead atoms. The van der Waals surface area contributed by atoms with Crippen molar-refractivity contribution in [2.45, 2.75) is 272 Å². The Morgan fingerprint density at radius 1 is 0.645 bits per heavy atom. The van der Waals surface area contributed by atoms with Gasteiger partial charge in [0, 0.05) is 82.5 Å². The highest BCUT2D eigenvalue weighted by atomic mass is 35.5. The highest BCUT2D eigenvalue weighted by Crippen LogP contribution is 2.43. The Morgan fingerprint density at radius 2 is 1.25 bits per heavy atom. The van der Waals surface area contributed by atoms with Crippen molar-refractivity contribution < 1.29 is 84.2 Å². The van der Waals surface area contributed by atoms with Gasteiger partial charge in [0.05, 0.1) is 36.9 Å². The minimum atomic E-state index is -4.47. The van der Waals surface area contributed by atoms with Gasteiger partial charge in [0.2, 0.25) is 70.9 Å². The number of nitrogens with zero attached hydrogens (tertiary/aromatic N) is 9. The highest BCUT2D eigenvalue weighted by molar-refractivity contribution is 6.21. The van der Waals surface area contributed by atoms with Gasteiger partial charge in [0.25, 0.3) is 0 Å². The van der Waals surface area contributed by atoms with E-state index in [-0.39, 0.29) is 122 Å². The summed E-state index contributed by atoms with van der Waals surface area (Å²) in [6, 6.07) is -10.7. The first kappa shape index (κ1) is 85.9. The fraction of sp³-hybridized carbons (Fsp3) is 0.816. The van der Waals surface area contributed by atoms with Crippen molar-refractivity contribution in [3.63, 3.8) is 0 Å².